The summed E-state index contributed by atoms with van der Waals surface area (Å²) in [6.07, 6.45) is 3.53. The number of nitrogens with zero attached hydrogens (tertiary/aromatic N) is 1. The van der Waals surface area contributed by atoms with Gasteiger partial charge in [-0.05, 0) is 51.1 Å². The normalized spacial score (nSPS) is 11.1. The Morgan fingerprint density at radius 2 is 1.84 bits per heavy atom. The van der Waals surface area contributed by atoms with Crippen molar-refractivity contribution in [3.05, 3.63) is 59.9 Å². The summed E-state index contributed by atoms with van der Waals surface area (Å²) >= 11 is 0. The molecule has 2 aromatic rings. The van der Waals surface area contributed by atoms with Crippen molar-refractivity contribution in [2.24, 2.45) is 0 Å². The number of benzene rings is 1. The number of ether oxygens (including phenoxy) is 1. The molecule has 0 bridgehead atoms. The minimum atomic E-state index is -0.466. The molecule has 0 aliphatic rings. The zero-order chi connectivity index (χ0) is 13.9. The van der Waals surface area contributed by atoms with E-state index in [1.165, 1.54) is 0 Å². The van der Waals surface area contributed by atoms with Gasteiger partial charge >= 0.3 is 0 Å². The Kier molecular flexibility index (Phi) is 3.65. The van der Waals surface area contributed by atoms with E-state index in [0.29, 0.717) is 5.56 Å². The highest BCUT2D eigenvalue weighted by molar-refractivity contribution is 5.94. The van der Waals surface area contributed by atoms with E-state index >= 15 is 0 Å². The second-order valence-electron chi connectivity index (χ2n) is 4.93. The molecule has 0 N–H and O–H groups in total. The molecule has 0 spiro atoms. The van der Waals surface area contributed by atoms with Gasteiger partial charge in [-0.3, -0.25) is 9.78 Å². The van der Waals surface area contributed by atoms with Gasteiger partial charge in [-0.25, -0.2) is 0 Å². The Morgan fingerprint density at radius 1 is 1.16 bits per heavy atom. The van der Waals surface area contributed by atoms with Crippen molar-refractivity contribution in [3.63, 3.8) is 0 Å². The largest absolute Gasteiger partial charge is 0.483 e. The second-order valence-corrected chi connectivity index (χ2v) is 4.93. The van der Waals surface area contributed by atoms with E-state index in [1.54, 1.807) is 31.5 Å². The third kappa shape index (κ3) is 3.19. The standard InChI is InChI=1S/C16H17NO2/c1-12(18)13-6-8-15(9-7-13)19-16(2,3)14-5-4-10-17-11-14/h4-11H,1-3H3. The molecule has 1 aromatic heterocycles. The first-order valence-corrected chi connectivity index (χ1v) is 6.19. The highest BCUT2D eigenvalue weighted by atomic mass is 16.5. The number of carbonyl (C=O) groups excluding carboxylic acids is 1. The summed E-state index contributed by atoms with van der Waals surface area (Å²) in [7, 11) is 0. The molecule has 0 aliphatic heterocycles. The van der Waals surface area contributed by atoms with Crippen LogP contribution in [-0.2, 0) is 5.60 Å². The van der Waals surface area contributed by atoms with E-state index in [2.05, 4.69) is 4.98 Å². The summed E-state index contributed by atoms with van der Waals surface area (Å²) in [6, 6.07) is 11.0. The highest BCUT2D eigenvalue weighted by Crippen LogP contribution is 2.27. The second kappa shape index (κ2) is 5.22. The van der Waals surface area contributed by atoms with Gasteiger partial charge in [-0.2, -0.15) is 0 Å². The summed E-state index contributed by atoms with van der Waals surface area (Å²) in [5.74, 6) is 0.789. The van der Waals surface area contributed by atoms with E-state index in [1.807, 2.05) is 38.1 Å². The lowest BCUT2D eigenvalue weighted by atomic mass is 10.00. The number of pyridine rings is 1. The van der Waals surface area contributed by atoms with Crippen LogP contribution in [0.5, 0.6) is 5.75 Å². The minimum Gasteiger partial charge on any atom is -0.483 e. The Labute approximate surface area is 113 Å². The SMILES string of the molecule is CC(=O)c1ccc(OC(C)(C)c2cccnc2)cc1. The van der Waals surface area contributed by atoms with Crippen molar-refractivity contribution in [3.8, 4) is 5.75 Å². The van der Waals surface area contributed by atoms with Crippen LogP contribution in [0, 0.1) is 0 Å². The number of ketones is 1. The van der Waals surface area contributed by atoms with Gasteiger partial charge in [0.05, 0.1) is 0 Å². The first-order chi connectivity index (χ1) is 8.99. The van der Waals surface area contributed by atoms with Crippen LogP contribution < -0.4 is 4.74 Å². The van der Waals surface area contributed by atoms with E-state index in [0.717, 1.165) is 11.3 Å². The Bertz CT molecular complexity index is 559. The van der Waals surface area contributed by atoms with Crippen molar-refractivity contribution >= 4 is 5.78 Å². The predicted octanol–water partition coefficient (Wildman–Crippen LogP) is 3.60. The number of aromatic nitrogens is 1. The van der Waals surface area contributed by atoms with Crippen LogP contribution in [0.3, 0.4) is 0 Å². The fraction of sp³-hybridized carbons (Fsp3) is 0.250. The Morgan fingerprint density at radius 3 is 2.37 bits per heavy atom. The number of rotatable bonds is 4. The zero-order valence-corrected chi connectivity index (χ0v) is 11.4. The Balaban J connectivity index is 2.18. The third-order valence-electron chi connectivity index (χ3n) is 2.99. The van der Waals surface area contributed by atoms with Crippen molar-refractivity contribution in [2.45, 2.75) is 26.4 Å². The number of Topliss-reactive ketones (excluding diaryl/α,β-unsaturated/α-hetero) is 1. The average molecular weight is 255 g/mol. The predicted molar refractivity (Wildman–Crippen MR) is 74.3 cm³/mol. The minimum absolute atomic E-state index is 0.0538. The van der Waals surface area contributed by atoms with Crippen molar-refractivity contribution in [2.75, 3.05) is 0 Å². The topological polar surface area (TPSA) is 39.2 Å². The summed E-state index contributed by atoms with van der Waals surface area (Å²) in [5, 5.41) is 0. The Hall–Kier alpha value is -2.16. The van der Waals surface area contributed by atoms with Crippen LogP contribution in [-0.4, -0.2) is 10.8 Å². The first-order valence-electron chi connectivity index (χ1n) is 6.19. The molecule has 3 nitrogen and oxygen atoms in total. The van der Waals surface area contributed by atoms with Gasteiger partial charge in [0.1, 0.15) is 11.4 Å². The lowest BCUT2D eigenvalue weighted by Crippen LogP contribution is -2.25. The fourth-order valence-electron chi connectivity index (χ4n) is 1.83. The summed E-state index contributed by atoms with van der Waals surface area (Å²) in [4.78, 5) is 15.3. The zero-order valence-electron chi connectivity index (χ0n) is 11.4. The summed E-state index contributed by atoms with van der Waals surface area (Å²) in [5.41, 5.74) is 1.23. The highest BCUT2D eigenvalue weighted by Gasteiger charge is 2.22. The molecule has 3 heteroatoms. The van der Waals surface area contributed by atoms with Gasteiger partial charge < -0.3 is 4.74 Å². The van der Waals surface area contributed by atoms with Crippen LogP contribution in [0.15, 0.2) is 48.8 Å². The molecule has 0 aliphatic carbocycles. The molecule has 0 amide bonds. The molecule has 0 fully saturated rings. The molecule has 98 valence electrons. The van der Waals surface area contributed by atoms with Crippen LogP contribution in [0.4, 0.5) is 0 Å². The van der Waals surface area contributed by atoms with Gasteiger partial charge in [0, 0.05) is 23.5 Å². The number of carbonyl (C=O) groups is 1. The molecule has 0 radical (unpaired) electrons. The number of hydrogen-bond donors (Lipinski definition) is 0. The van der Waals surface area contributed by atoms with Crippen molar-refractivity contribution in [1.82, 2.24) is 4.98 Å². The van der Waals surface area contributed by atoms with E-state index in [9.17, 15) is 4.79 Å². The molecule has 19 heavy (non-hydrogen) atoms. The van der Waals surface area contributed by atoms with Crippen molar-refractivity contribution in [1.29, 1.82) is 0 Å². The van der Waals surface area contributed by atoms with Crippen LogP contribution in [0.2, 0.25) is 0 Å². The smallest absolute Gasteiger partial charge is 0.159 e. The quantitative estimate of drug-likeness (QED) is 0.784. The summed E-state index contributed by atoms with van der Waals surface area (Å²) < 4.78 is 5.97. The average Bonchev–Trinajstić information content (AvgIpc) is 2.40. The van der Waals surface area contributed by atoms with Gasteiger partial charge in [0.2, 0.25) is 0 Å². The molecule has 0 atom stereocenters. The molecule has 0 saturated heterocycles. The fourth-order valence-corrected chi connectivity index (χ4v) is 1.83. The lowest BCUT2D eigenvalue weighted by molar-refractivity contribution is 0.101. The monoisotopic (exact) mass is 255 g/mol. The van der Waals surface area contributed by atoms with E-state index < -0.39 is 5.60 Å². The molecular formula is C16H17NO2. The van der Waals surface area contributed by atoms with E-state index in [-0.39, 0.29) is 5.78 Å². The molecule has 1 heterocycles. The molecule has 1 aromatic carbocycles. The lowest BCUT2D eigenvalue weighted by Gasteiger charge is -2.26. The summed E-state index contributed by atoms with van der Waals surface area (Å²) in [6.45, 7) is 5.53. The molecule has 2 rings (SSSR count). The van der Waals surface area contributed by atoms with Crippen LogP contribution in [0.25, 0.3) is 0 Å². The third-order valence-corrected chi connectivity index (χ3v) is 2.99. The number of hydrogen-bond acceptors (Lipinski definition) is 3. The maximum atomic E-state index is 11.2. The van der Waals surface area contributed by atoms with Gasteiger partial charge in [-0.1, -0.05) is 6.07 Å². The van der Waals surface area contributed by atoms with Gasteiger partial charge in [0.25, 0.3) is 0 Å². The van der Waals surface area contributed by atoms with Gasteiger partial charge in [0.15, 0.2) is 5.78 Å². The van der Waals surface area contributed by atoms with Crippen molar-refractivity contribution < 1.29 is 9.53 Å². The maximum Gasteiger partial charge on any atom is 0.159 e. The first kappa shape index (κ1) is 13.3. The molecule has 0 saturated carbocycles. The van der Waals surface area contributed by atoms with Crippen LogP contribution in [0.1, 0.15) is 36.7 Å². The van der Waals surface area contributed by atoms with Gasteiger partial charge in [-0.15, -0.1) is 0 Å². The molecular weight excluding hydrogens is 238 g/mol. The maximum absolute atomic E-state index is 11.2. The van der Waals surface area contributed by atoms with Crippen LogP contribution >= 0.6 is 0 Å². The molecule has 0 unspecified atom stereocenters. The van der Waals surface area contributed by atoms with E-state index in [4.69, 9.17) is 4.74 Å².